The van der Waals surface area contributed by atoms with Crippen molar-refractivity contribution < 1.29 is 9.53 Å². The Kier molecular flexibility index (Phi) is 9.80. The highest BCUT2D eigenvalue weighted by atomic mass is 79.9. The summed E-state index contributed by atoms with van der Waals surface area (Å²) in [6, 6.07) is 5.72. The van der Waals surface area contributed by atoms with Gasteiger partial charge in [-0.05, 0) is 32.9 Å². The maximum absolute atomic E-state index is 12.0. The topological polar surface area (TPSA) is 71.2 Å². The third-order valence-corrected chi connectivity index (χ3v) is 4.57. The highest BCUT2D eigenvalue weighted by molar-refractivity contribution is 9.10. The van der Waals surface area contributed by atoms with E-state index in [0.717, 1.165) is 29.7 Å². The van der Waals surface area contributed by atoms with Gasteiger partial charge in [0.15, 0.2) is 0 Å². The summed E-state index contributed by atoms with van der Waals surface area (Å²) in [6.07, 6.45) is 1.59. The Morgan fingerprint density at radius 1 is 1.26 bits per heavy atom. The average molecular weight is 441 g/mol. The number of hydrogen-bond acceptors (Lipinski definition) is 5. The first-order chi connectivity index (χ1) is 12.8. The largest absolute Gasteiger partial charge is 0.444 e. The van der Waals surface area contributed by atoms with Gasteiger partial charge in [-0.3, -0.25) is 9.89 Å². The monoisotopic (exact) mass is 440 g/mol. The van der Waals surface area contributed by atoms with E-state index in [4.69, 9.17) is 10.5 Å². The third-order valence-electron chi connectivity index (χ3n) is 3.88. The number of anilines is 1. The molecule has 2 rings (SSSR count). The minimum Gasteiger partial charge on any atom is -0.444 e. The summed E-state index contributed by atoms with van der Waals surface area (Å²) < 4.78 is 6.36. The van der Waals surface area contributed by atoms with Crippen molar-refractivity contribution in [2.45, 2.75) is 40.2 Å². The molecular weight excluding hydrogens is 408 g/mol. The number of rotatable bonds is 4. The first-order valence-electron chi connectivity index (χ1n) is 9.50. The van der Waals surface area contributed by atoms with Gasteiger partial charge in [-0.25, -0.2) is 4.79 Å². The second-order valence-corrected chi connectivity index (χ2v) is 7.94. The van der Waals surface area contributed by atoms with Gasteiger partial charge in [-0.15, -0.1) is 0 Å². The van der Waals surface area contributed by atoms with Crippen LogP contribution in [-0.4, -0.2) is 67.0 Å². The molecule has 6 nitrogen and oxygen atoms in total. The quantitative estimate of drug-likeness (QED) is 0.566. The standard InChI is InChI=1S/C18H27BrN4O2.C2H6/c1-18(2,3)25-17(24)23-11-9-22(10-12-23)8-7-21-13-14-15(19)5-4-6-16(14)20;1-2/h4-6,13H,7-12,20H2,1-3H3;1-2H3. The average Bonchev–Trinajstić information content (AvgIpc) is 2.61. The van der Waals surface area contributed by atoms with Crippen molar-refractivity contribution in [2.24, 2.45) is 4.99 Å². The van der Waals surface area contributed by atoms with E-state index in [0.29, 0.717) is 25.3 Å². The first-order valence-corrected chi connectivity index (χ1v) is 10.3. The van der Waals surface area contributed by atoms with Crippen LogP contribution in [0.15, 0.2) is 27.7 Å². The van der Waals surface area contributed by atoms with E-state index in [1.165, 1.54) is 0 Å². The summed E-state index contributed by atoms with van der Waals surface area (Å²) in [5.41, 5.74) is 7.13. The molecule has 1 aliphatic rings. The zero-order valence-corrected chi connectivity index (χ0v) is 18.8. The summed E-state index contributed by atoms with van der Waals surface area (Å²) in [5, 5.41) is 0. The highest BCUT2D eigenvalue weighted by Gasteiger charge is 2.25. The molecule has 0 saturated carbocycles. The van der Waals surface area contributed by atoms with Crippen molar-refractivity contribution in [2.75, 3.05) is 45.0 Å². The van der Waals surface area contributed by atoms with E-state index in [1.807, 2.05) is 59.0 Å². The zero-order chi connectivity index (χ0) is 20.4. The molecule has 7 heteroatoms. The van der Waals surface area contributed by atoms with E-state index in [-0.39, 0.29) is 6.09 Å². The smallest absolute Gasteiger partial charge is 0.410 e. The van der Waals surface area contributed by atoms with Gasteiger partial charge in [0.1, 0.15) is 5.60 Å². The van der Waals surface area contributed by atoms with Crippen molar-refractivity contribution in [1.29, 1.82) is 0 Å². The van der Waals surface area contributed by atoms with Crippen LogP contribution < -0.4 is 5.73 Å². The predicted molar refractivity (Wildman–Crippen MR) is 117 cm³/mol. The van der Waals surface area contributed by atoms with Gasteiger partial charge in [-0.2, -0.15) is 0 Å². The lowest BCUT2D eigenvalue weighted by atomic mass is 10.2. The lowest BCUT2D eigenvalue weighted by molar-refractivity contribution is 0.0148. The van der Waals surface area contributed by atoms with Gasteiger partial charge in [-0.1, -0.05) is 35.8 Å². The number of amides is 1. The molecule has 1 fully saturated rings. The van der Waals surface area contributed by atoms with Gasteiger partial charge in [0.05, 0.1) is 6.54 Å². The number of nitrogen functional groups attached to an aromatic ring is 1. The molecule has 1 heterocycles. The molecule has 1 aromatic carbocycles. The second kappa shape index (κ2) is 11.3. The van der Waals surface area contributed by atoms with Gasteiger partial charge < -0.3 is 15.4 Å². The van der Waals surface area contributed by atoms with E-state index in [9.17, 15) is 4.79 Å². The molecular formula is C20H33BrN4O2. The highest BCUT2D eigenvalue weighted by Crippen LogP contribution is 2.20. The van der Waals surface area contributed by atoms with Crippen LogP contribution in [0, 0.1) is 0 Å². The molecule has 1 aromatic rings. The van der Waals surface area contributed by atoms with Crippen LogP contribution >= 0.6 is 15.9 Å². The summed E-state index contributed by atoms with van der Waals surface area (Å²) in [7, 11) is 0. The Hall–Kier alpha value is -1.60. The summed E-state index contributed by atoms with van der Waals surface area (Å²) in [5.74, 6) is 0. The molecule has 0 spiro atoms. The normalized spacial score (nSPS) is 15.4. The van der Waals surface area contributed by atoms with Crippen LogP contribution in [0.2, 0.25) is 0 Å². The van der Waals surface area contributed by atoms with Crippen molar-refractivity contribution in [1.82, 2.24) is 9.80 Å². The van der Waals surface area contributed by atoms with Gasteiger partial charge in [0, 0.05) is 54.7 Å². The second-order valence-electron chi connectivity index (χ2n) is 7.09. The Bertz CT molecular complexity index is 601. The molecule has 0 atom stereocenters. The van der Waals surface area contributed by atoms with Gasteiger partial charge in [0.25, 0.3) is 0 Å². The molecule has 27 heavy (non-hydrogen) atoms. The molecule has 0 unspecified atom stereocenters. The molecule has 2 N–H and O–H groups in total. The van der Waals surface area contributed by atoms with Crippen molar-refractivity contribution in [3.8, 4) is 0 Å². The maximum Gasteiger partial charge on any atom is 0.410 e. The minimum absolute atomic E-state index is 0.227. The lowest BCUT2D eigenvalue weighted by Gasteiger charge is -2.35. The lowest BCUT2D eigenvalue weighted by Crippen LogP contribution is -2.50. The number of piperazine rings is 1. The van der Waals surface area contributed by atoms with Crippen LogP contribution in [0.1, 0.15) is 40.2 Å². The number of nitrogens with zero attached hydrogens (tertiary/aromatic N) is 3. The fourth-order valence-corrected chi connectivity index (χ4v) is 3.01. The molecule has 0 aromatic heterocycles. The molecule has 1 saturated heterocycles. The number of aliphatic imine (C=N–C) groups is 1. The number of hydrogen-bond donors (Lipinski definition) is 1. The maximum atomic E-state index is 12.0. The molecule has 0 bridgehead atoms. The fraction of sp³-hybridized carbons (Fsp3) is 0.600. The molecule has 1 aliphatic heterocycles. The third kappa shape index (κ3) is 8.30. The fourth-order valence-electron chi connectivity index (χ4n) is 2.53. The Morgan fingerprint density at radius 2 is 1.89 bits per heavy atom. The summed E-state index contributed by atoms with van der Waals surface area (Å²) >= 11 is 3.49. The number of benzene rings is 1. The Morgan fingerprint density at radius 3 is 2.44 bits per heavy atom. The van der Waals surface area contributed by atoms with Crippen LogP contribution in [0.5, 0.6) is 0 Å². The van der Waals surface area contributed by atoms with Crippen LogP contribution in [0.3, 0.4) is 0 Å². The van der Waals surface area contributed by atoms with E-state index in [1.54, 1.807) is 4.90 Å². The number of carbonyl (C=O) groups is 1. The zero-order valence-electron chi connectivity index (χ0n) is 17.2. The van der Waals surface area contributed by atoms with Crippen molar-refractivity contribution in [3.05, 3.63) is 28.2 Å². The number of nitrogens with two attached hydrogens (primary N) is 1. The Balaban J connectivity index is 0.00000176. The van der Waals surface area contributed by atoms with E-state index < -0.39 is 5.60 Å². The van der Waals surface area contributed by atoms with E-state index >= 15 is 0 Å². The number of halogens is 1. The predicted octanol–water partition coefficient (Wildman–Crippen LogP) is 4.03. The van der Waals surface area contributed by atoms with Crippen LogP contribution in [-0.2, 0) is 4.74 Å². The van der Waals surface area contributed by atoms with Crippen LogP contribution in [0.4, 0.5) is 10.5 Å². The molecule has 1 amide bonds. The van der Waals surface area contributed by atoms with E-state index in [2.05, 4.69) is 25.8 Å². The van der Waals surface area contributed by atoms with Crippen LogP contribution in [0.25, 0.3) is 0 Å². The molecule has 0 aliphatic carbocycles. The minimum atomic E-state index is -0.448. The SMILES string of the molecule is CC.CC(C)(C)OC(=O)N1CCN(CCN=Cc2c(N)cccc2Br)CC1. The summed E-state index contributed by atoms with van der Waals surface area (Å²) in [6.45, 7) is 14.3. The number of carbonyl (C=O) groups excluding carboxylic acids is 1. The summed E-state index contributed by atoms with van der Waals surface area (Å²) in [4.78, 5) is 20.6. The molecule has 0 radical (unpaired) electrons. The van der Waals surface area contributed by atoms with Crippen molar-refractivity contribution in [3.63, 3.8) is 0 Å². The Labute approximate surface area is 171 Å². The number of ether oxygens (including phenoxy) is 1. The first kappa shape index (κ1) is 23.4. The van der Waals surface area contributed by atoms with Gasteiger partial charge >= 0.3 is 6.09 Å². The van der Waals surface area contributed by atoms with Crippen molar-refractivity contribution >= 4 is 33.9 Å². The molecule has 152 valence electrons. The van der Waals surface area contributed by atoms with Gasteiger partial charge in [0.2, 0.25) is 0 Å².